The van der Waals surface area contributed by atoms with E-state index in [2.05, 4.69) is 5.32 Å². The molecule has 0 aliphatic carbocycles. The van der Waals surface area contributed by atoms with Crippen molar-refractivity contribution in [2.24, 2.45) is 0 Å². The number of nitrogens with one attached hydrogen (secondary N) is 1. The van der Waals surface area contributed by atoms with Crippen LogP contribution in [0.4, 0.5) is 4.39 Å². The van der Waals surface area contributed by atoms with E-state index in [-0.39, 0.29) is 30.4 Å². The standard InChI is InChI=1S/C17H24FN3O4S/c1-20(2)8-9-21(15-7-10-26(24,25)12-15)17(23)16(22)19-11-13-3-5-14(18)6-4-13/h3-6,15H,7-12H2,1-2H3,(H,19,22). The summed E-state index contributed by atoms with van der Waals surface area (Å²) in [5, 5.41) is 2.51. The molecular weight excluding hydrogens is 361 g/mol. The van der Waals surface area contributed by atoms with Crippen molar-refractivity contribution < 1.29 is 22.4 Å². The topological polar surface area (TPSA) is 86.8 Å². The van der Waals surface area contributed by atoms with Gasteiger partial charge in [0.1, 0.15) is 5.82 Å². The minimum atomic E-state index is -3.17. The van der Waals surface area contributed by atoms with E-state index in [1.807, 2.05) is 19.0 Å². The number of benzene rings is 1. The van der Waals surface area contributed by atoms with E-state index >= 15 is 0 Å². The van der Waals surface area contributed by atoms with Gasteiger partial charge in [-0.3, -0.25) is 9.59 Å². The van der Waals surface area contributed by atoms with E-state index in [4.69, 9.17) is 0 Å². The Bertz CT molecular complexity index is 750. The molecule has 9 heteroatoms. The number of carbonyl (C=O) groups excluding carboxylic acids is 2. The van der Waals surface area contributed by atoms with Crippen molar-refractivity contribution in [3.8, 4) is 0 Å². The molecule has 1 N–H and O–H groups in total. The highest BCUT2D eigenvalue weighted by Crippen LogP contribution is 2.18. The quantitative estimate of drug-likeness (QED) is 0.698. The number of likely N-dealkylation sites (N-methyl/N-ethyl adjacent to an activating group) is 1. The zero-order chi connectivity index (χ0) is 19.3. The third kappa shape index (κ3) is 5.77. The largest absolute Gasteiger partial charge is 0.344 e. The summed E-state index contributed by atoms with van der Waals surface area (Å²) in [6, 6.07) is 5.11. The number of sulfone groups is 1. The zero-order valence-corrected chi connectivity index (χ0v) is 15.8. The molecule has 0 saturated carbocycles. The minimum absolute atomic E-state index is 0.0284. The summed E-state index contributed by atoms with van der Waals surface area (Å²) in [4.78, 5) is 28.0. The molecule has 0 radical (unpaired) electrons. The fourth-order valence-electron chi connectivity index (χ4n) is 2.77. The van der Waals surface area contributed by atoms with Crippen LogP contribution >= 0.6 is 0 Å². The van der Waals surface area contributed by atoms with E-state index in [9.17, 15) is 22.4 Å². The fourth-order valence-corrected chi connectivity index (χ4v) is 4.50. The molecule has 1 atom stereocenters. The Hall–Kier alpha value is -2.00. The third-order valence-electron chi connectivity index (χ3n) is 4.26. The summed E-state index contributed by atoms with van der Waals surface area (Å²) in [6.07, 6.45) is 0.340. The number of hydrogen-bond acceptors (Lipinski definition) is 5. The average Bonchev–Trinajstić information content (AvgIpc) is 2.93. The summed E-state index contributed by atoms with van der Waals surface area (Å²) in [5.74, 6) is -2.00. The summed E-state index contributed by atoms with van der Waals surface area (Å²) >= 11 is 0. The van der Waals surface area contributed by atoms with Crippen LogP contribution in [0.5, 0.6) is 0 Å². The van der Waals surface area contributed by atoms with Crippen LogP contribution in [0.15, 0.2) is 24.3 Å². The van der Waals surface area contributed by atoms with Crippen LogP contribution in [0.25, 0.3) is 0 Å². The van der Waals surface area contributed by atoms with Crippen molar-refractivity contribution >= 4 is 21.7 Å². The summed E-state index contributed by atoms with van der Waals surface area (Å²) < 4.78 is 36.4. The van der Waals surface area contributed by atoms with Gasteiger partial charge in [0.05, 0.1) is 11.5 Å². The van der Waals surface area contributed by atoms with Gasteiger partial charge in [0.2, 0.25) is 0 Å². The highest BCUT2D eigenvalue weighted by Gasteiger charge is 2.36. The molecule has 1 heterocycles. The summed E-state index contributed by atoms with van der Waals surface area (Å²) in [7, 11) is 0.500. The van der Waals surface area contributed by atoms with Crippen LogP contribution in [0, 0.1) is 5.82 Å². The normalized spacial score (nSPS) is 18.7. The number of rotatable bonds is 6. The van der Waals surface area contributed by atoms with Crippen LogP contribution in [0.1, 0.15) is 12.0 Å². The van der Waals surface area contributed by atoms with Crippen LogP contribution < -0.4 is 5.32 Å². The molecule has 0 aromatic heterocycles. The van der Waals surface area contributed by atoms with E-state index in [1.54, 1.807) is 0 Å². The second-order valence-electron chi connectivity index (χ2n) is 6.67. The van der Waals surface area contributed by atoms with Gasteiger partial charge in [0, 0.05) is 25.7 Å². The molecular formula is C17H24FN3O4S. The maximum absolute atomic E-state index is 12.9. The monoisotopic (exact) mass is 385 g/mol. The Balaban J connectivity index is 2.01. The van der Waals surface area contributed by atoms with Crippen LogP contribution in [-0.4, -0.2) is 74.8 Å². The Kier molecular flexibility index (Phi) is 6.71. The second-order valence-corrected chi connectivity index (χ2v) is 8.90. The smallest absolute Gasteiger partial charge is 0.312 e. The lowest BCUT2D eigenvalue weighted by Gasteiger charge is -2.28. The fraction of sp³-hybridized carbons (Fsp3) is 0.529. The van der Waals surface area contributed by atoms with Crippen molar-refractivity contribution in [2.75, 3.05) is 38.7 Å². The van der Waals surface area contributed by atoms with E-state index < -0.39 is 27.7 Å². The first-order valence-electron chi connectivity index (χ1n) is 8.36. The molecule has 1 aromatic carbocycles. The van der Waals surface area contributed by atoms with Gasteiger partial charge in [-0.15, -0.1) is 0 Å². The van der Waals surface area contributed by atoms with Crippen molar-refractivity contribution in [1.82, 2.24) is 15.1 Å². The zero-order valence-electron chi connectivity index (χ0n) is 14.9. The van der Waals surface area contributed by atoms with Gasteiger partial charge in [-0.2, -0.15) is 0 Å². The van der Waals surface area contributed by atoms with Crippen molar-refractivity contribution in [2.45, 2.75) is 19.0 Å². The molecule has 1 unspecified atom stereocenters. The van der Waals surface area contributed by atoms with E-state index in [1.165, 1.54) is 29.2 Å². The predicted molar refractivity (Wildman–Crippen MR) is 95.6 cm³/mol. The highest BCUT2D eigenvalue weighted by molar-refractivity contribution is 7.91. The highest BCUT2D eigenvalue weighted by atomic mass is 32.2. The van der Waals surface area contributed by atoms with Gasteiger partial charge in [-0.25, -0.2) is 12.8 Å². The molecule has 0 spiro atoms. The van der Waals surface area contributed by atoms with Gasteiger partial charge in [0.15, 0.2) is 9.84 Å². The summed E-state index contributed by atoms with van der Waals surface area (Å²) in [6.45, 7) is 0.888. The molecule has 26 heavy (non-hydrogen) atoms. The van der Waals surface area contributed by atoms with Crippen LogP contribution in [0.2, 0.25) is 0 Å². The molecule has 144 valence electrons. The molecule has 2 rings (SSSR count). The maximum atomic E-state index is 12.9. The minimum Gasteiger partial charge on any atom is -0.344 e. The van der Waals surface area contributed by atoms with Gasteiger partial charge >= 0.3 is 11.8 Å². The second kappa shape index (κ2) is 8.59. The maximum Gasteiger partial charge on any atom is 0.312 e. The van der Waals surface area contributed by atoms with Crippen molar-refractivity contribution in [3.63, 3.8) is 0 Å². The number of carbonyl (C=O) groups is 2. The SMILES string of the molecule is CN(C)CCN(C(=O)C(=O)NCc1ccc(F)cc1)C1CCS(=O)(=O)C1. The van der Waals surface area contributed by atoms with Gasteiger partial charge in [-0.05, 0) is 38.2 Å². The van der Waals surface area contributed by atoms with Crippen molar-refractivity contribution in [3.05, 3.63) is 35.6 Å². The molecule has 1 saturated heterocycles. The lowest BCUT2D eigenvalue weighted by Crippen LogP contribution is -2.50. The number of hydrogen-bond donors (Lipinski definition) is 1. The third-order valence-corrected chi connectivity index (χ3v) is 6.01. The molecule has 1 aromatic rings. The first kappa shape index (κ1) is 20.3. The molecule has 7 nitrogen and oxygen atoms in total. The van der Waals surface area contributed by atoms with Crippen LogP contribution in [0.3, 0.4) is 0 Å². The van der Waals surface area contributed by atoms with Gasteiger partial charge < -0.3 is 15.1 Å². The molecule has 0 bridgehead atoms. The lowest BCUT2D eigenvalue weighted by atomic mass is 10.2. The van der Waals surface area contributed by atoms with Gasteiger partial charge in [-0.1, -0.05) is 12.1 Å². The molecule has 2 amide bonds. The first-order valence-corrected chi connectivity index (χ1v) is 10.2. The number of amides is 2. The van der Waals surface area contributed by atoms with Crippen molar-refractivity contribution in [1.29, 1.82) is 0 Å². The first-order chi connectivity index (χ1) is 12.2. The van der Waals surface area contributed by atoms with Gasteiger partial charge in [0.25, 0.3) is 0 Å². The number of halogens is 1. The Labute approximate surface area is 153 Å². The Morgan fingerprint density at radius 1 is 1.19 bits per heavy atom. The van der Waals surface area contributed by atoms with E-state index in [0.29, 0.717) is 18.5 Å². The molecule has 1 aliphatic heterocycles. The summed E-state index contributed by atoms with van der Waals surface area (Å²) in [5.41, 5.74) is 0.663. The Morgan fingerprint density at radius 3 is 2.38 bits per heavy atom. The average molecular weight is 385 g/mol. The lowest BCUT2D eigenvalue weighted by molar-refractivity contribution is -0.147. The molecule has 1 aliphatic rings. The predicted octanol–water partition coefficient (Wildman–Crippen LogP) is 0.0192. The van der Waals surface area contributed by atoms with E-state index in [0.717, 1.165) is 0 Å². The molecule has 1 fully saturated rings. The van der Waals surface area contributed by atoms with Crippen LogP contribution in [-0.2, 0) is 26.0 Å². The Morgan fingerprint density at radius 2 is 1.85 bits per heavy atom. The number of nitrogens with zero attached hydrogens (tertiary/aromatic N) is 2.